The van der Waals surface area contributed by atoms with Crippen molar-refractivity contribution in [3.8, 4) is 0 Å². The summed E-state index contributed by atoms with van der Waals surface area (Å²) in [5.41, 5.74) is 0.335. The molecule has 0 spiro atoms. The Hall–Kier alpha value is -1.62. The maximum Gasteiger partial charge on any atom is 0.253 e. The standard InChI is InChI=1S/C13H20N2O3/c1-4-13(3,7-8-16)15-12(18)10-5-6-11(17)14-9(10)2/h5-6,16H,4,7-8H2,1-3H3,(H,14,17)(H,15,18). The largest absolute Gasteiger partial charge is 0.396 e. The van der Waals surface area contributed by atoms with Crippen LogP contribution in [-0.2, 0) is 0 Å². The van der Waals surface area contributed by atoms with Crippen molar-refractivity contribution >= 4 is 5.91 Å². The summed E-state index contributed by atoms with van der Waals surface area (Å²) in [5.74, 6) is -0.235. The van der Waals surface area contributed by atoms with E-state index in [4.69, 9.17) is 5.11 Å². The predicted octanol–water partition coefficient (Wildman–Crippen LogP) is 0.964. The Bertz CT molecular complexity index is 481. The van der Waals surface area contributed by atoms with Gasteiger partial charge in [-0.3, -0.25) is 9.59 Å². The molecule has 1 heterocycles. The molecule has 0 fully saturated rings. The van der Waals surface area contributed by atoms with E-state index in [9.17, 15) is 9.59 Å². The minimum Gasteiger partial charge on any atom is -0.396 e. The number of carbonyl (C=O) groups is 1. The molecule has 0 saturated carbocycles. The first kappa shape index (κ1) is 14.4. The van der Waals surface area contributed by atoms with Crippen LogP contribution < -0.4 is 10.9 Å². The van der Waals surface area contributed by atoms with Crippen LogP contribution in [0.25, 0.3) is 0 Å². The van der Waals surface area contributed by atoms with E-state index >= 15 is 0 Å². The van der Waals surface area contributed by atoms with E-state index in [1.165, 1.54) is 12.1 Å². The van der Waals surface area contributed by atoms with Crippen LogP contribution in [0.2, 0.25) is 0 Å². The van der Waals surface area contributed by atoms with Crippen molar-refractivity contribution in [1.29, 1.82) is 0 Å². The molecule has 0 aliphatic rings. The molecule has 0 saturated heterocycles. The zero-order valence-electron chi connectivity index (χ0n) is 11.0. The van der Waals surface area contributed by atoms with Gasteiger partial charge < -0.3 is 15.4 Å². The van der Waals surface area contributed by atoms with Gasteiger partial charge in [-0.15, -0.1) is 0 Å². The number of aryl methyl sites for hydroxylation is 1. The van der Waals surface area contributed by atoms with Crippen LogP contribution in [0.5, 0.6) is 0 Å². The van der Waals surface area contributed by atoms with Gasteiger partial charge in [-0.1, -0.05) is 6.92 Å². The zero-order valence-corrected chi connectivity index (χ0v) is 11.0. The minimum absolute atomic E-state index is 0.0230. The molecule has 1 aromatic heterocycles. The Labute approximate surface area is 106 Å². The number of aliphatic hydroxyl groups excluding tert-OH is 1. The van der Waals surface area contributed by atoms with Crippen molar-refractivity contribution in [2.24, 2.45) is 0 Å². The van der Waals surface area contributed by atoms with Gasteiger partial charge in [0.15, 0.2) is 0 Å². The maximum atomic E-state index is 12.1. The lowest BCUT2D eigenvalue weighted by Crippen LogP contribution is -2.46. The molecule has 0 bridgehead atoms. The Morgan fingerprint density at radius 2 is 2.17 bits per heavy atom. The van der Waals surface area contributed by atoms with Gasteiger partial charge in [-0.2, -0.15) is 0 Å². The second-order valence-electron chi connectivity index (χ2n) is 4.70. The Kier molecular flexibility index (Phi) is 4.67. The number of aromatic nitrogens is 1. The molecule has 18 heavy (non-hydrogen) atoms. The van der Waals surface area contributed by atoms with Crippen LogP contribution in [0.1, 0.15) is 42.7 Å². The van der Waals surface area contributed by atoms with Gasteiger partial charge in [0.1, 0.15) is 0 Å². The van der Waals surface area contributed by atoms with Crippen molar-refractivity contribution < 1.29 is 9.90 Å². The summed E-state index contributed by atoms with van der Waals surface area (Å²) in [5, 5.41) is 11.9. The number of rotatable bonds is 5. The molecule has 0 aromatic carbocycles. The molecule has 1 aromatic rings. The van der Waals surface area contributed by atoms with E-state index < -0.39 is 5.54 Å². The fraction of sp³-hybridized carbons (Fsp3) is 0.538. The van der Waals surface area contributed by atoms with Gasteiger partial charge in [0.25, 0.3) is 5.91 Å². The lowest BCUT2D eigenvalue weighted by Gasteiger charge is -2.29. The van der Waals surface area contributed by atoms with Crippen molar-refractivity contribution in [3.63, 3.8) is 0 Å². The lowest BCUT2D eigenvalue weighted by atomic mass is 9.94. The van der Waals surface area contributed by atoms with E-state index in [0.29, 0.717) is 17.7 Å². The van der Waals surface area contributed by atoms with E-state index in [2.05, 4.69) is 10.3 Å². The summed E-state index contributed by atoms with van der Waals surface area (Å²) in [6.07, 6.45) is 1.22. The average Bonchev–Trinajstić information content (AvgIpc) is 2.28. The summed E-state index contributed by atoms with van der Waals surface area (Å²) >= 11 is 0. The number of aromatic amines is 1. The van der Waals surface area contributed by atoms with E-state index in [1.54, 1.807) is 6.92 Å². The van der Waals surface area contributed by atoms with Crippen LogP contribution in [0.15, 0.2) is 16.9 Å². The molecule has 0 aliphatic heterocycles. The van der Waals surface area contributed by atoms with Gasteiger partial charge in [0.05, 0.1) is 5.56 Å². The van der Waals surface area contributed by atoms with Crippen molar-refractivity contribution in [2.75, 3.05) is 6.61 Å². The van der Waals surface area contributed by atoms with Crippen molar-refractivity contribution in [3.05, 3.63) is 33.7 Å². The quantitative estimate of drug-likeness (QED) is 0.730. The summed E-state index contributed by atoms with van der Waals surface area (Å²) in [4.78, 5) is 25.8. The molecule has 3 N–H and O–H groups in total. The third-order valence-electron chi connectivity index (χ3n) is 3.22. The summed E-state index contributed by atoms with van der Waals surface area (Å²) in [6, 6.07) is 2.84. The molecular formula is C13H20N2O3. The average molecular weight is 252 g/mol. The summed E-state index contributed by atoms with van der Waals surface area (Å²) in [6.45, 7) is 5.55. The molecule has 1 atom stereocenters. The molecule has 0 aliphatic carbocycles. The van der Waals surface area contributed by atoms with Gasteiger partial charge in [0.2, 0.25) is 5.56 Å². The third-order valence-corrected chi connectivity index (χ3v) is 3.22. The second-order valence-corrected chi connectivity index (χ2v) is 4.70. The smallest absolute Gasteiger partial charge is 0.253 e. The first-order chi connectivity index (χ1) is 8.41. The number of nitrogens with one attached hydrogen (secondary N) is 2. The number of H-pyrrole nitrogens is 1. The highest BCUT2D eigenvalue weighted by molar-refractivity contribution is 5.95. The van der Waals surface area contributed by atoms with Gasteiger partial charge in [0, 0.05) is 23.9 Å². The molecule has 100 valence electrons. The normalized spacial score (nSPS) is 14.0. The minimum atomic E-state index is -0.436. The highest BCUT2D eigenvalue weighted by Crippen LogP contribution is 2.15. The molecule has 0 radical (unpaired) electrons. The lowest BCUT2D eigenvalue weighted by molar-refractivity contribution is 0.0885. The fourth-order valence-electron chi connectivity index (χ4n) is 1.74. The van der Waals surface area contributed by atoms with Gasteiger partial charge in [-0.25, -0.2) is 0 Å². The van der Waals surface area contributed by atoms with Crippen LogP contribution in [-0.4, -0.2) is 28.1 Å². The summed E-state index contributed by atoms with van der Waals surface area (Å²) < 4.78 is 0. The van der Waals surface area contributed by atoms with Crippen molar-refractivity contribution in [1.82, 2.24) is 10.3 Å². The molecule has 5 nitrogen and oxygen atoms in total. The molecule has 1 rings (SSSR count). The van der Waals surface area contributed by atoms with Gasteiger partial charge >= 0.3 is 0 Å². The molecule has 5 heteroatoms. The number of hydrogen-bond acceptors (Lipinski definition) is 3. The summed E-state index contributed by atoms with van der Waals surface area (Å²) in [7, 11) is 0. The van der Waals surface area contributed by atoms with Crippen molar-refractivity contribution in [2.45, 2.75) is 39.2 Å². The van der Waals surface area contributed by atoms with Gasteiger partial charge in [-0.05, 0) is 32.8 Å². The number of aliphatic hydroxyl groups is 1. The SMILES string of the molecule is CCC(C)(CCO)NC(=O)c1ccc(=O)[nH]c1C. The van der Waals surface area contributed by atoms with E-state index in [-0.39, 0.29) is 18.1 Å². The molecule has 1 unspecified atom stereocenters. The monoisotopic (exact) mass is 252 g/mol. The zero-order chi connectivity index (χ0) is 13.8. The number of amides is 1. The molecule has 1 amide bonds. The van der Waals surface area contributed by atoms with E-state index in [0.717, 1.165) is 6.42 Å². The number of pyridine rings is 1. The maximum absolute atomic E-state index is 12.1. The first-order valence-corrected chi connectivity index (χ1v) is 6.05. The highest BCUT2D eigenvalue weighted by Gasteiger charge is 2.24. The Balaban J connectivity index is 2.91. The van der Waals surface area contributed by atoms with Crippen LogP contribution in [0, 0.1) is 6.92 Å². The van der Waals surface area contributed by atoms with Crippen LogP contribution in [0.3, 0.4) is 0 Å². The third kappa shape index (κ3) is 3.43. The second kappa shape index (κ2) is 5.82. The fourth-order valence-corrected chi connectivity index (χ4v) is 1.74. The molecular weight excluding hydrogens is 232 g/mol. The van der Waals surface area contributed by atoms with E-state index in [1.807, 2.05) is 13.8 Å². The Morgan fingerprint density at radius 1 is 1.50 bits per heavy atom. The number of carbonyl (C=O) groups excluding carboxylic acids is 1. The highest BCUT2D eigenvalue weighted by atomic mass is 16.3. The van der Waals surface area contributed by atoms with Crippen LogP contribution in [0.4, 0.5) is 0 Å². The topological polar surface area (TPSA) is 82.2 Å². The van der Waals surface area contributed by atoms with Crippen LogP contribution >= 0.6 is 0 Å². The number of hydrogen-bond donors (Lipinski definition) is 3. The Morgan fingerprint density at radius 3 is 2.67 bits per heavy atom. The first-order valence-electron chi connectivity index (χ1n) is 6.05. The predicted molar refractivity (Wildman–Crippen MR) is 69.7 cm³/mol.